The summed E-state index contributed by atoms with van der Waals surface area (Å²) >= 11 is 5.89. The summed E-state index contributed by atoms with van der Waals surface area (Å²) in [5.74, 6) is -0.447. The number of nitrogen functional groups attached to an aromatic ring is 1. The predicted octanol–water partition coefficient (Wildman–Crippen LogP) is 2.56. The first-order valence-electron chi connectivity index (χ1n) is 6.28. The Hall–Kier alpha value is -2.53. The Balaban J connectivity index is 2.25. The van der Waals surface area contributed by atoms with Gasteiger partial charge in [-0.1, -0.05) is 17.7 Å². The van der Waals surface area contributed by atoms with E-state index in [0.717, 1.165) is 10.1 Å². The van der Waals surface area contributed by atoms with Gasteiger partial charge in [0.2, 0.25) is 0 Å². The minimum Gasteiger partial charge on any atom is -0.398 e. The number of nitrogens with zero attached hydrogens (tertiary/aromatic N) is 1. The highest BCUT2D eigenvalue weighted by Crippen LogP contribution is 2.20. The number of imidazole rings is 1. The van der Waals surface area contributed by atoms with Crippen LogP contribution in [0.15, 0.2) is 41.2 Å². The number of rotatable bonds is 1. The fraction of sp³-hybridized carbons (Fsp3) is 0.0667. The number of carbonyl (C=O) groups excluding carboxylic acids is 1. The van der Waals surface area contributed by atoms with Crippen molar-refractivity contribution in [3.63, 3.8) is 0 Å². The molecule has 0 unspecified atom stereocenters. The van der Waals surface area contributed by atoms with Crippen LogP contribution in [0.5, 0.6) is 0 Å². The molecule has 0 aliphatic rings. The number of carbonyl (C=O) groups is 1. The van der Waals surface area contributed by atoms with Gasteiger partial charge in [-0.25, -0.2) is 9.36 Å². The van der Waals surface area contributed by atoms with E-state index in [4.69, 9.17) is 17.3 Å². The van der Waals surface area contributed by atoms with Gasteiger partial charge in [-0.2, -0.15) is 0 Å². The SMILES string of the molecule is Cc1cc2[nH]c(=O)n(C(=O)c3cccc(Cl)c3)c2cc1N. The standard InChI is InChI=1S/C15H12ClN3O2/c1-8-5-12-13(7-11(8)17)19(15(21)18-12)14(20)9-3-2-4-10(16)6-9/h2-7H,17H2,1H3,(H,18,21). The number of fused-ring (bicyclic) bond motifs is 1. The first-order chi connectivity index (χ1) is 9.97. The lowest BCUT2D eigenvalue weighted by molar-refractivity contribution is 0.0961. The summed E-state index contributed by atoms with van der Waals surface area (Å²) in [5, 5.41) is 0.434. The first kappa shape index (κ1) is 13.5. The minimum absolute atomic E-state index is 0.338. The smallest absolute Gasteiger partial charge is 0.333 e. The van der Waals surface area contributed by atoms with Crippen LogP contribution in [0.4, 0.5) is 5.69 Å². The largest absolute Gasteiger partial charge is 0.398 e. The van der Waals surface area contributed by atoms with E-state index < -0.39 is 11.6 Å². The Morgan fingerprint density at radius 3 is 2.76 bits per heavy atom. The second-order valence-electron chi connectivity index (χ2n) is 4.81. The van der Waals surface area contributed by atoms with Gasteiger partial charge < -0.3 is 10.7 Å². The number of nitrogens with one attached hydrogen (secondary N) is 1. The average Bonchev–Trinajstić information content (AvgIpc) is 2.74. The number of H-pyrrole nitrogens is 1. The third-order valence-electron chi connectivity index (χ3n) is 3.34. The number of aryl methyl sites for hydroxylation is 1. The molecular weight excluding hydrogens is 290 g/mol. The molecule has 1 heterocycles. The van der Waals surface area contributed by atoms with Crippen molar-refractivity contribution >= 4 is 34.2 Å². The van der Waals surface area contributed by atoms with E-state index in [1.54, 1.807) is 30.3 Å². The summed E-state index contributed by atoms with van der Waals surface area (Å²) in [4.78, 5) is 27.3. The molecule has 6 heteroatoms. The number of aromatic amines is 1. The van der Waals surface area contributed by atoms with E-state index in [0.29, 0.717) is 27.3 Å². The van der Waals surface area contributed by atoms with Gasteiger partial charge >= 0.3 is 5.69 Å². The molecule has 0 aliphatic heterocycles. The number of aromatic nitrogens is 2. The molecule has 3 N–H and O–H groups in total. The summed E-state index contributed by atoms with van der Waals surface area (Å²) in [6, 6.07) is 9.81. The summed E-state index contributed by atoms with van der Waals surface area (Å²) in [6.45, 7) is 1.84. The number of nitrogens with two attached hydrogens (primary N) is 1. The maximum absolute atomic E-state index is 12.5. The van der Waals surface area contributed by atoms with E-state index in [1.165, 1.54) is 6.07 Å². The number of hydrogen-bond donors (Lipinski definition) is 2. The summed E-state index contributed by atoms with van der Waals surface area (Å²) in [6.07, 6.45) is 0. The molecule has 0 radical (unpaired) electrons. The molecule has 21 heavy (non-hydrogen) atoms. The summed E-state index contributed by atoms with van der Waals surface area (Å²) < 4.78 is 1.07. The van der Waals surface area contributed by atoms with Crippen molar-refractivity contribution in [2.45, 2.75) is 6.92 Å². The highest BCUT2D eigenvalue weighted by atomic mass is 35.5. The van der Waals surface area contributed by atoms with Crippen molar-refractivity contribution in [1.82, 2.24) is 9.55 Å². The molecule has 0 spiro atoms. The van der Waals surface area contributed by atoms with E-state index in [-0.39, 0.29) is 0 Å². The molecule has 5 nitrogen and oxygen atoms in total. The quantitative estimate of drug-likeness (QED) is 0.678. The Bertz CT molecular complexity index is 924. The molecule has 3 rings (SSSR count). The third-order valence-corrected chi connectivity index (χ3v) is 3.58. The van der Waals surface area contributed by atoms with E-state index in [2.05, 4.69) is 4.98 Å². The molecule has 3 aromatic rings. The van der Waals surface area contributed by atoms with Crippen molar-refractivity contribution < 1.29 is 4.79 Å². The molecule has 0 saturated heterocycles. The van der Waals surface area contributed by atoms with Crippen LogP contribution in [0.2, 0.25) is 5.02 Å². The van der Waals surface area contributed by atoms with Crippen LogP contribution in [-0.2, 0) is 0 Å². The molecule has 1 aromatic heterocycles. The summed E-state index contributed by atoms with van der Waals surface area (Å²) in [7, 11) is 0. The second-order valence-corrected chi connectivity index (χ2v) is 5.24. The fourth-order valence-corrected chi connectivity index (χ4v) is 2.42. The van der Waals surface area contributed by atoms with Gasteiger partial charge in [0.25, 0.3) is 5.91 Å². The molecule has 0 fully saturated rings. The Morgan fingerprint density at radius 1 is 1.29 bits per heavy atom. The van der Waals surface area contributed by atoms with Crippen LogP contribution in [0.25, 0.3) is 11.0 Å². The Morgan fingerprint density at radius 2 is 2.05 bits per heavy atom. The molecule has 0 atom stereocenters. The molecule has 0 saturated carbocycles. The molecule has 0 bridgehead atoms. The van der Waals surface area contributed by atoms with Crippen molar-refractivity contribution in [3.8, 4) is 0 Å². The van der Waals surface area contributed by atoms with E-state index >= 15 is 0 Å². The summed E-state index contributed by atoms with van der Waals surface area (Å²) in [5.41, 5.74) is 8.09. The van der Waals surface area contributed by atoms with Gasteiger partial charge in [0, 0.05) is 16.3 Å². The van der Waals surface area contributed by atoms with E-state index in [1.807, 2.05) is 6.92 Å². The normalized spacial score (nSPS) is 11.0. The van der Waals surface area contributed by atoms with Crippen LogP contribution in [0, 0.1) is 6.92 Å². The van der Waals surface area contributed by atoms with Crippen molar-refractivity contribution in [2.75, 3.05) is 5.73 Å². The molecule has 0 aliphatic carbocycles. The van der Waals surface area contributed by atoms with Crippen LogP contribution >= 0.6 is 11.6 Å². The number of halogens is 1. The van der Waals surface area contributed by atoms with Gasteiger partial charge in [0.1, 0.15) is 0 Å². The molecular formula is C15H12ClN3O2. The zero-order valence-electron chi connectivity index (χ0n) is 11.2. The molecule has 2 aromatic carbocycles. The maximum atomic E-state index is 12.5. The van der Waals surface area contributed by atoms with Gasteiger partial charge in [0.15, 0.2) is 0 Å². The van der Waals surface area contributed by atoms with E-state index in [9.17, 15) is 9.59 Å². The maximum Gasteiger partial charge on any atom is 0.333 e. The van der Waals surface area contributed by atoms with Gasteiger partial charge in [0.05, 0.1) is 11.0 Å². The molecule has 0 amide bonds. The van der Waals surface area contributed by atoms with Gasteiger partial charge in [-0.05, 0) is 42.8 Å². The highest BCUT2D eigenvalue weighted by molar-refractivity contribution is 6.31. The minimum atomic E-state index is -0.500. The number of hydrogen-bond acceptors (Lipinski definition) is 3. The molecule has 106 valence electrons. The monoisotopic (exact) mass is 301 g/mol. The fourth-order valence-electron chi connectivity index (χ4n) is 2.23. The lowest BCUT2D eigenvalue weighted by Crippen LogP contribution is -2.24. The van der Waals surface area contributed by atoms with Crippen LogP contribution in [0.3, 0.4) is 0 Å². The Labute approximate surface area is 125 Å². The lowest BCUT2D eigenvalue weighted by atomic mass is 10.1. The van der Waals surface area contributed by atoms with Gasteiger partial charge in [-0.15, -0.1) is 0 Å². The van der Waals surface area contributed by atoms with Crippen molar-refractivity contribution in [1.29, 1.82) is 0 Å². The first-order valence-corrected chi connectivity index (χ1v) is 6.66. The van der Waals surface area contributed by atoms with Crippen molar-refractivity contribution in [3.05, 3.63) is 63.0 Å². The van der Waals surface area contributed by atoms with Gasteiger partial charge in [-0.3, -0.25) is 4.79 Å². The Kier molecular flexibility index (Phi) is 3.07. The average molecular weight is 302 g/mol. The zero-order chi connectivity index (χ0) is 15.1. The lowest BCUT2D eigenvalue weighted by Gasteiger charge is -2.04. The topological polar surface area (TPSA) is 80.9 Å². The third kappa shape index (κ3) is 2.21. The second kappa shape index (κ2) is 4.79. The number of benzene rings is 2. The van der Waals surface area contributed by atoms with Crippen molar-refractivity contribution in [2.24, 2.45) is 0 Å². The van der Waals surface area contributed by atoms with Crippen LogP contribution in [-0.4, -0.2) is 15.5 Å². The van der Waals surface area contributed by atoms with Crippen LogP contribution < -0.4 is 11.4 Å². The zero-order valence-corrected chi connectivity index (χ0v) is 11.9. The number of anilines is 1. The van der Waals surface area contributed by atoms with Crippen LogP contribution in [0.1, 0.15) is 15.9 Å². The predicted molar refractivity (Wildman–Crippen MR) is 82.9 cm³/mol. The highest BCUT2D eigenvalue weighted by Gasteiger charge is 2.16.